The fraction of sp³-hybridized carbons (Fsp3) is 0.300. The number of fused-ring (bicyclic) bond motifs is 4. The van der Waals surface area contributed by atoms with Crippen molar-refractivity contribution in [2.24, 2.45) is 5.92 Å². The molecule has 0 saturated carbocycles. The lowest BCUT2D eigenvalue weighted by molar-refractivity contribution is -0.113. The third-order valence-electron chi connectivity index (χ3n) is 5.12. The zero-order valence-electron chi connectivity index (χ0n) is 15.6. The molecule has 146 valence electrons. The number of thiazole rings is 1. The molecule has 0 spiro atoms. The third-order valence-corrected chi connectivity index (χ3v) is 8.23. The average Bonchev–Trinajstić information content (AvgIpc) is 3.37. The van der Waals surface area contributed by atoms with E-state index in [0.29, 0.717) is 21.6 Å². The number of hydrogen-bond donors (Lipinski definition) is 1. The van der Waals surface area contributed by atoms with Crippen molar-refractivity contribution in [3.05, 3.63) is 40.3 Å². The number of carbonyl (C=O) groups is 1. The minimum atomic E-state index is -0.130. The summed E-state index contributed by atoms with van der Waals surface area (Å²) in [5, 5.41) is 22.4. The van der Waals surface area contributed by atoms with Gasteiger partial charge in [0.25, 0.3) is 0 Å². The highest BCUT2D eigenvalue weighted by Crippen LogP contribution is 2.39. The molecular formula is C20H17N5OS3. The Morgan fingerprint density at radius 1 is 1.38 bits per heavy atom. The van der Waals surface area contributed by atoms with Crippen molar-refractivity contribution in [3.63, 3.8) is 0 Å². The summed E-state index contributed by atoms with van der Waals surface area (Å²) in [6.07, 6.45) is 3.00. The van der Waals surface area contributed by atoms with E-state index in [1.54, 1.807) is 22.7 Å². The molecule has 4 aromatic rings. The Hall–Kier alpha value is -2.41. The second-order valence-electron chi connectivity index (χ2n) is 7.17. The molecule has 1 aromatic carbocycles. The Labute approximate surface area is 179 Å². The lowest BCUT2D eigenvalue weighted by atomic mass is 9.89. The lowest BCUT2D eigenvalue weighted by Crippen LogP contribution is -2.14. The maximum Gasteiger partial charge on any atom is 0.235 e. The molecule has 0 unspecified atom stereocenters. The second-order valence-corrected chi connectivity index (χ2v) is 10.2. The number of para-hydroxylation sites is 1. The first-order valence-corrected chi connectivity index (χ1v) is 12.0. The van der Waals surface area contributed by atoms with Crippen LogP contribution >= 0.6 is 34.4 Å². The van der Waals surface area contributed by atoms with Crippen molar-refractivity contribution in [2.45, 2.75) is 31.3 Å². The van der Waals surface area contributed by atoms with Crippen molar-refractivity contribution < 1.29 is 4.79 Å². The van der Waals surface area contributed by atoms with Gasteiger partial charge in [-0.2, -0.15) is 5.26 Å². The van der Waals surface area contributed by atoms with E-state index >= 15 is 0 Å². The molecule has 0 saturated heterocycles. The summed E-state index contributed by atoms with van der Waals surface area (Å²) in [7, 11) is 0. The molecule has 1 aliphatic carbocycles. The molecule has 1 N–H and O–H groups in total. The van der Waals surface area contributed by atoms with E-state index in [0.717, 1.165) is 40.0 Å². The Morgan fingerprint density at radius 2 is 2.24 bits per heavy atom. The van der Waals surface area contributed by atoms with Gasteiger partial charge in [0.1, 0.15) is 11.1 Å². The number of aromatic nitrogens is 3. The standard InChI is InChI=1S/C20H17N5OS3/c1-11-6-7-12-13(9-21)18(28-16(12)8-11)22-17(26)10-27-19-23-24-20-25(19)14-4-2-3-5-15(14)29-20/h2-5,11H,6-8,10H2,1H3,(H,22,26)/t11-/m0/s1. The maximum atomic E-state index is 12.6. The Balaban J connectivity index is 1.34. The molecule has 0 radical (unpaired) electrons. The van der Waals surface area contributed by atoms with Gasteiger partial charge in [0.05, 0.1) is 21.5 Å². The van der Waals surface area contributed by atoms with E-state index in [1.807, 2.05) is 22.6 Å². The summed E-state index contributed by atoms with van der Waals surface area (Å²) in [5.41, 5.74) is 2.82. The first kappa shape index (κ1) is 18.6. The molecule has 0 bridgehead atoms. The molecule has 3 aromatic heterocycles. The summed E-state index contributed by atoms with van der Waals surface area (Å²) in [6.45, 7) is 2.23. The number of nitrogens with one attached hydrogen (secondary N) is 1. The molecule has 3 heterocycles. The van der Waals surface area contributed by atoms with Crippen molar-refractivity contribution in [1.82, 2.24) is 14.6 Å². The molecule has 1 atom stereocenters. The van der Waals surface area contributed by atoms with Crippen LogP contribution < -0.4 is 5.32 Å². The molecular weight excluding hydrogens is 422 g/mol. The van der Waals surface area contributed by atoms with Crippen LogP contribution in [0.25, 0.3) is 15.2 Å². The Bertz CT molecular complexity index is 1280. The van der Waals surface area contributed by atoms with Crippen LogP contribution in [-0.4, -0.2) is 26.3 Å². The summed E-state index contributed by atoms with van der Waals surface area (Å²) < 4.78 is 3.13. The number of nitriles is 1. The van der Waals surface area contributed by atoms with Gasteiger partial charge in [0.15, 0.2) is 5.16 Å². The number of hydrogen-bond acceptors (Lipinski definition) is 7. The van der Waals surface area contributed by atoms with Gasteiger partial charge in [0, 0.05) is 4.88 Å². The monoisotopic (exact) mass is 439 g/mol. The molecule has 6 nitrogen and oxygen atoms in total. The van der Waals surface area contributed by atoms with E-state index in [9.17, 15) is 10.1 Å². The molecule has 0 fully saturated rings. The van der Waals surface area contributed by atoms with Gasteiger partial charge in [-0.25, -0.2) is 0 Å². The van der Waals surface area contributed by atoms with Crippen LogP contribution in [0.5, 0.6) is 0 Å². The van der Waals surface area contributed by atoms with E-state index in [2.05, 4.69) is 34.6 Å². The number of thioether (sulfide) groups is 1. The van der Waals surface area contributed by atoms with Gasteiger partial charge in [-0.3, -0.25) is 9.20 Å². The third kappa shape index (κ3) is 3.31. The van der Waals surface area contributed by atoms with Crippen LogP contribution in [0.2, 0.25) is 0 Å². The quantitative estimate of drug-likeness (QED) is 0.465. The number of amides is 1. The maximum absolute atomic E-state index is 12.6. The van der Waals surface area contributed by atoms with Crippen LogP contribution in [-0.2, 0) is 17.6 Å². The van der Waals surface area contributed by atoms with Gasteiger partial charge < -0.3 is 5.32 Å². The predicted molar refractivity (Wildman–Crippen MR) is 118 cm³/mol. The highest BCUT2D eigenvalue weighted by Gasteiger charge is 2.25. The van der Waals surface area contributed by atoms with Crippen molar-refractivity contribution in [3.8, 4) is 6.07 Å². The number of nitrogens with zero attached hydrogens (tertiary/aromatic N) is 4. The van der Waals surface area contributed by atoms with Gasteiger partial charge in [-0.1, -0.05) is 42.2 Å². The normalized spacial score (nSPS) is 16.1. The van der Waals surface area contributed by atoms with Gasteiger partial charge >= 0.3 is 0 Å². The minimum Gasteiger partial charge on any atom is -0.316 e. The van der Waals surface area contributed by atoms with Gasteiger partial charge in [-0.15, -0.1) is 21.5 Å². The van der Waals surface area contributed by atoms with E-state index < -0.39 is 0 Å². The first-order chi connectivity index (χ1) is 14.1. The molecule has 5 rings (SSSR count). The van der Waals surface area contributed by atoms with Crippen molar-refractivity contribution >= 4 is 60.5 Å². The van der Waals surface area contributed by atoms with Crippen LogP contribution in [0, 0.1) is 17.2 Å². The van der Waals surface area contributed by atoms with Crippen LogP contribution in [0.3, 0.4) is 0 Å². The average molecular weight is 440 g/mol. The molecule has 1 amide bonds. The van der Waals surface area contributed by atoms with Crippen LogP contribution in [0.4, 0.5) is 5.00 Å². The number of carbonyl (C=O) groups excluding carboxylic acids is 1. The Morgan fingerprint density at radius 3 is 3.10 bits per heavy atom. The summed E-state index contributed by atoms with van der Waals surface area (Å²) >= 11 is 4.49. The zero-order chi connectivity index (χ0) is 20.0. The summed E-state index contributed by atoms with van der Waals surface area (Å²) in [4.78, 5) is 14.7. The highest BCUT2D eigenvalue weighted by atomic mass is 32.2. The molecule has 9 heteroatoms. The fourth-order valence-corrected chi connectivity index (χ4v) is 6.84. The second kappa shape index (κ2) is 7.44. The van der Waals surface area contributed by atoms with Gasteiger partial charge in [0.2, 0.25) is 10.9 Å². The van der Waals surface area contributed by atoms with Crippen molar-refractivity contribution in [1.29, 1.82) is 5.26 Å². The molecule has 1 aliphatic rings. The zero-order valence-corrected chi connectivity index (χ0v) is 18.1. The smallest absolute Gasteiger partial charge is 0.235 e. The highest BCUT2D eigenvalue weighted by molar-refractivity contribution is 7.99. The first-order valence-electron chi connectivity index (χ1n) is 9.34. The topological polar surface area (TPSA) is 83.1 Å². The number of thiophene rings is 1. The van der Waals surface area contributed by atoms with Gasteiger partial charge in [-0.05, 0) is 42.9 Å². The minimum absolute atomic E-state index is 0.130. The Kier molecular flexibility index (Phi) is 4.78. The van der Waals surface area contributed by atoms with E-state index in [4.69, 9.17) is 0 Å². The number of rotatable bonds is 4. The van der Waals surface area contributed by atoms with Crippen molar-refractivity contribution in [2.75, 3.05) is 11.1 Å². The van der Waals surface area contributed by atoms with Crippen LogP contribution in [0.1, 0.15) is 29.3 Å². The van der Waals surface area contributed by atoms with Crippen LogP contribution in [0.15, 0.2) is 29.4 Å². The number of anilines is 1. The molecule has 0 aliphatic heterocycles. The van der Waals surface area contributed by atoms with E-state index in [-0.39, 0.29) is 11.7 Å². The number of benzene rings is 1. The predicted octanol–water partition coefficient (Wildman–Crippen LogP) is 4.73. The fourth-order valence-electron chi connectivity index (χ4n) is 3.70. The summed E-state index contributed by atoms with van der Waals surface area (Å²) in [5.74, 6) is 0.714. The lowest BCUT2D eigenvalue weighted by Gasteiger charge is -2.17. The summed E-state index contributed by atoms with van der Waals surface area (Å²) in [6, 6.07) is 10.4. The SMILES string of the molecule is C[C@H]1CCc2c(sc(NC(=O)CSc3nnc4sc5ccccc5n34)c2C#N)C1. The molecule has 29 heavy (non-hydrogen) atoms. The van der Waals surface area contributed by atoms with E-state index in [1.165, 1.54) is 16.6 Å². The largest absolute Gasteiger partial charge is 0.316 e.